The summed E-state index contributed by atoms with van der Waals surface area (Å²) in [7, 11) is 5.58. The van der Waals surface area contributed by atoms with E-state index in [-0.39, 0.29) is 11.9 Å². The molecule has 0 aliphatic carbocycles. The number of guanidine groups is 1. The number of aliphatic imine (C=N–C) groups is 1. The summed E-state index contributed by atoms with van der Waals surface area (Å²) in [5.74, 6) is 0.280. The Morgan fingerprint density at radius 1 is 1.42 bits per heavy atom. The van der Waals surface area contributed by atoms with Crippen LogP contribution in [0.1, 0.15) is 22.8 Å². The maximum Gasteiger partial charge on any atom is 0.251 e. The topological polar surface area (TPSA) is 92.0 Å². The molecule has 0 aromatic heterocycles. The second-order valence-electron chi connectivity index (χ2n) is 5.96. The van der Waals surface area contributed by atoms with Gasteiger partial charge in [-0.1, -0.05) is 12.1 Å². The molecule has 0 spiro atoms. The molecule has 1 amide bonds. The van der Waals surface area contributed by atoms with Gasteiger partial charge >= 0.3 is 0 Å². The maximum atomic E-state index is 12.1. The first-order chi connectivity index (χ1) is 11.4. The number of nitrogens with one attached hydrogen (secondary N) is 2. The van der Waals surface area contributed by atoms with Gasteiger partial charge in [-0.05, 0) is 38.7 Å². The number of amides is 1. The largest absolute Gasteiger partial charge is 0.383 e. The summed E-state index contributed by atoms with van der Waals surface area (Å²) in [6, 6.07) is 7.49. The quantitative estimate of drug-likeness (QED) is 0.449. The summed E-state index contributed by atoms with van der Waals surface area (Å²) in [6.45, 7) is 4.35. The van der Waals surface area contributed by atoms with E-state index in [4.69, 9.17) is 10.5 Å². The van der Waals surface area contributed by atoms with Gasteiger partial charge in [0.05, 0.1) is 13.2 Å². The van der Waals surface area contributed by atoms with Crippen LogP contribution in [0, 0.1) is 0 Å². The summed E-state index contributed by atoms with van der Waals surface area (Å²) < 4.78 is 5.04. The number of ether oxygens (including phenoxy) is 1. The molecule has 0 saturated heterocycles. The van der Waals surface area contributed by atoms with Gasteiger partial charge in [-0.2, -0.15) is 0 Å². The zero-order valence-corrected chi connectivity index (χ0v) is 15.0. The number of hydrogen-bond acceptors (Lipinski definition) is 4. The van der Waals surface area contributed by atoms with Gasteiger partial charge in [0.25, 0.3) is 5.91 Å². The van der Waals surface area contributed by atoms with E-state index in [2.05, 4.69) is 15.6 Å². The predicted octanol–water partition coefficient (Wildman–Crippen LogP) is 0.417. The molecular formula is C17H29N5O2. The van der Waals surface area contributed by atoms with Gasteiger partial charge in [-0.3, -0.25) is 4.79 Å². The van der Waals surface area contributed by atoms with Crippen LogP contribution in [0.4, 0.5) is 0 Å². The highest BCUT2D eigenvalue weighted by Gasteiger charge is 2.06. The zero-order chi connectivity index (χ0) is 17.9. The van der Waals surface area contributed by atoms with Gasteiger partial charge in [-0.15, -0.1) is 0 Å². The van der Waals surface area contributed by atoms with Gasteiger partial charge in [0, 0.05) is 31.8 Å². The van der Waals surface area contributed by atoms with Crippen molar-refractivity contribution in [2.45, 2.75) is 19.5 Å². The Bertz CT molecular complexity index is 546. The summed E-state index contributed by atoms with van der Waals surface area (Å²) in [6.07, 6.45) is 0. The predicted molar refractivity (Wildman–Crippen MR) is 97.1 cm³/mol. The van der Waals surface area contributed by atoms with E-state index in [0.29, 0.717) is 31.2 Å². The highest BCUT2D eigenvalue weighted by molar-refractivity contribution is 5.94. The third-order valence-electron chi connectivity index (χ3n) is 3.28. The Morgan fingerprint density at radius 2 is 2.17 bits per heavy atom. The van der Waals surface area contributed by atoms with E-state index in [1.165, 1.54) is 0 Å². The Hall–Kier alpha value is -2.12. The van der Waals surface area contributed by atoms with Crippen molar-refractivity contribution in [2.24, 2.45) is 10.7 Å². The average molecular weight is 335 g/mol. The molecule has 1 aromatic carbocycles. The van der Waals surface area contributed by atoms with E-state index in [1.54, 1.807) is 13.2 Å². The molecule has 4 N–H and O–H groups in total. The fourth-order valence-electron chi connectivity index (χ4n) is 2.07. The van der Waals surface area contributed by atoms with Crippen molar-refractivity contribution in [3.05, 3.63) is 35.4 Å². The summed E-state index contributed by atoms with van der Waals surface area (Å²) in [4.78, 5) is 18.4. The monoisotopic (exact) mass is 335 g/mol. The van der Waals surface area contributed by atoms with Crippen LogP contribution >= 0.6 is 0 Å². The molecule has 0 fully saturated rings. The molecule has 1 rings (SSSR count). The van der Waals surface area contributed by atoms with Gasteiger partial charge < -0.3 is 26.0 Å². The molecule has 0 aliphatic heterocycles. The van der Waals surface area contributed by atoms with Crippen molar-refractivity contribution in [2.75, 3.05) is 40.9 Å². The van der Waals surface area contributed by atoms with E-state index in [0.717, 1.165) is 12.1 Å². The Morgan fingerprint density at radius 3 is 2.83 bits per heavy atom. The van der Waals surface area contributed by atoms with Crippen molar-refractivity contribution in [1.29, 1.82) is 0 Å². The lowest BCUT2D eigenvalue weighted by molar-refractivity contribution is 0.0951. The molecule has 1 atom stereocenters. The van der Waals surface area contributed by atoms with E-state index >= 15 is 0 Å². The van der Waals surface area contributed by atoms with Crippen LogP contribution in [0.15, 0.2) is 29.3 Å². The fraction of sp³-hybridized carbons (Fsp3) is 0.529. The molecule has 0 saturated carbocycles. The first-order valence-electron chi connectivity index (χ1n) is 7.99. The van der Waals surface area contributed by atoms with Crippen LogP contribution < -0.4 is 16.4 Å². The molecule has 134 valence electrons. The van der Waals surface area contributed by atoms with Gasteiger partial charge in [0.15, 0.2) is 5.96 Å². The van der Waals surface area contributed by atoms with Crippen molar-refractivity contribution >= 4 is 11.9 Å². The Balaban J connectivity index is 2.57. The minimum Gasteiger partial charge on any atom is -0.383 e. The van der Waals surface area contributed by atoms with Crippen LogP contribution in [0.2, 0.25) is 0 Å². The molecule has 7 nitrogen and oxygen atoms in total. The molecule has 0 radical (unpaired) electrons. The van der Waals surface area contributed by atoms with Gasteiger partial charge in [0.2, 0.25) is 0 Å². The number of benzene rings is 1. The first-order valence-corrected chi connectivity index (χ1v) is 7.99. The Labute approximate surface area is 144 Å². The number of rotatable bonds is 9. The molecule has 24 heavy (non-hydrogen) atoms. The van der Waals surface area contributed by atoms with E-state index < -0.39 is 0 Å². The third-order valence-corrected chi connectivity index (χ3v) is 3.28. The van der Waals surface area contributed by atoms with E-state index in [9.17, 15) is 4.79 Å². The second-order valence-corrected chi connectivity index (χ2v) is 5.96. The molecule has 1 aromatic rings. The van der Waals surface area contributed by atoms with Crippen molar-refractivity contribution < 1.29 is 9.53 Å². The Kier molecular flexibility index (Phi) is 8.81. The fourth-order valence-corrected chi connectivity index (χ4v) is 2.07. The van der Waals surface area contributed by atoms with Gasteiger partial charge in [0.1, 0.15) is 0 Å². The number of methoxy groups -OCH3 is 1. The average Bonchev–Trinajstić information content (AvgIpc) is 2.53. The van der Waals surface area contributed by atoms with Crippen molar-refractivity contribution in [1.82, 2.24) is 15.5 Å². The van der Waals surface area contributed by atoms with Crippen molar-refractivity contribution in [3.63, 3.8) is 0 Å². The van der Waals surface area contributed by atoms with Crippen molar-refractivity contribution in [3.8, 4) is 0 Å². The summed E-state index contributed by atoms with van der Waals surface area (Å²) in [5.41, 5.74) is 7.40. The number of hydrogen-bond donors (Lipinski definition) is 3. The first kappa shape index (κ1) is 19.9. The number of nitrogens with two attached hydrogens (primary N) is 1. The molecule has 0 bridgehead atoms. The molecule has 0 heterocycles. The number of carbonyl (C=O) groups is 1. The van der Waals surface area contributed by atoms with Gasteiger partial charge in [-0.25, -0.2) is 4.99 Å². The standard InChI is InChI=1S/C17H29N5O2/c1-13(12-24-4)21-17(18)20-11-14-6-5-7-15(10-14)16(23)19-8-9-22(2)3/h5-7,10,13H,8-9,11-12H2,1-4H3,(H,19,23)(H3,18,20,21). The van der Waals surface area contributed by atoms with Crippen LogP contribution in [0.3, 0.4) is 0 Å². The van der Waals surface area contributed by atoms with Crippen LogP contribution in [-0.2, 0) is 11.3 Å². The maximum absolute atomic E-state index is 12.1. The number of likely N-dealkylation sites (N-methyl/N-ethyl adjacent to an activating group) is 1. The molecule has 0 aliphatic rings. The highest BCUT2D eigenvalue weighted by atomic mass is 16.5. The summed E-state index contributed by atoms with van der Waals surface area (Å²) >= 11 is 0. The SMILES string of the molecule is COCC(C)NC(N)=NCc1cccc(C(=O)NCCN(C)C)c1. The van der Waals surface area contributed by atoms with Crippen LogP contribution in [0.25, 0.3) is 0 Å². The van der Waals surface area contributed by atoms with Crippen LogP contribution in [-0.4, -0.2) is 63.7 Å². The zero-order valence-electron chi connectivity index (χ0n) is 15.0. The second kappa shape index (κ2) is 10.6. The summed E-state index contributed by atoms with van der Waals surface area (Å²) in [5, 5.41) is 5.94. The highest BCUT2D eigenvalue weighted by Crippen LogP contribution is 2.06. The normalized spacial score (nSPS) is 13.0. The third kappa shape index (κ3) is 7.94. The minimum absolute atomic E-state index is 0.0810. The molecule has 7 heteroatoms. The van der Waals surface area contributed by atoms with E-state index in [1.807, 2.05) is 44.1 Å². The minimum atomic E-state index is -0.0810. The molecular weight excluding hydrogens is 306 g/mol. The lowest BCUT2D eigenvalue weighted by atomic mass is 10.1. The number of nitrogens with zero attached hydrogens (tertiary/aromatic N) is 2. The smallest absolute Gasteiger partial charge is 0.251 e. The molecule has 1 unspecified atom stereocenters. The lowest BCUT2D eigenvalue weighted by Crippen LogP contribution is -2.40. The number of carbonyl (C=O) groups excluding carboxylic acids is 1. The lowest BCUT2D eigenvalue weighted by Gasteiger charge is -2.13. The van der Waals surface area contributed by atoms with Crippen LogP contribution in [0.5, 0.6) is 0 Å².